The minimum atomic E-state index is -0.362. The van der Waals surface area contributed by atoms with E-state index in [4.69, 9.17) is 9.47 Å². The van der Waals surface area contributed by atoms with Gasteiger partial charge in [0.2, 0.25) is 0 Å². The number of carbonyl (C=O) groups excluding carboxylic acids is 2. The zero-order valence-electron chi connectivity index (χ0n) is 25.5. The molecule has 4 aliphatic heterocycles. The molecule has 0 amide bonds. The number of benzene rings is 2. The molecule has 4 saturated heterocycles. The number of piperidine rings is 2. The van der Waals surface area contributed by atoms with E-state index in [1.54, 1.807) is 0 Å². The zero-order valence-corrected chi connectivity index (χ0v) is 28.4. The van der Waals surface area contributed by atoms with Crippen LogP contribution in [0.2, 0.25) is 4.94 Å². The molecular formula is C34H46N2O4Sn. The van der Waals surface area contributed by atoms with E-state index in [9.17, 15) is 9.59 Å². The molecule has 4 fully saturated rings. The van der Waals surface area contributed by atoms with E-state index in [0.717, 1.165) is 25.7 Å². The van der Waals surface area contributed by atoms with Gasteiger partial charge in [0.15, 0.2) is 0 Å². The Bertz CT molecular complexity index is 1200. The van der Waals surface area contributed by atoms with Gasteiger partial charge in [-0.1, -0.05) is 29.8 Å². The number of carbonyl (C=O) groups is 2. The van der Waals surface area contributed by atoms with Gasteiger partial charge in [-0.05, 0) is 38.8 Å². The van der Waals surface area contributed by atoms with Gasteiger partial charge < -0.3 is 4.74 Å². The average molecular weight is 665 g/mol. The van der Waals surface area contributed by atoms with Crippen molar-refractivity contribution >= 4 is 36.7 Å². The van der Waals surface area contributed by atoms with E-state index in [1.807, 2.05) is 0 Å². The molecule has 2 radical (unpaired) electrons. The van der Waals surface area contributed by atoms with E-state index in [2.05, 4.69) is 84.3 Å². The summed E-state index contributed by atoms with van der Waals surface area (Å²) in [5, 5.41) is 0. The molecule has 0 aromatic heterocycles. The van der Waals surface area contributed by atoms with Crippen molar-refractivity contribution in [3.05, 3.63) is 65.2 Å². The van der Waals surface area contributed by atoms with Crippen molar-refractivity contribution in [1.29, 1.82) is 0 Å². The molecule has 6 unspecified atom stereocenters. The van der Waals surface area contributed by atoms with E-state index < -0.39 is 0 Å². The first-order valence-electron chi connectivity index (χ1n) is 15.2. The molecule has 2 aromatic carbocycles. The van der Waals surface area contributed by atoms with Gasteiger partial charge in [0.05, 0.1) is 13.0 Å². The fraction of sp³-hybridized carbons (Fsp3) is 0.588. The average Bonchev–Trinajstić information content (AvgIpc) is 3.36. The zero-order chi connectivity index (χ0) is 29.3. The molecule has 2 aromatic rings. The van der Waals surface area contributed by atoms with Crippen LogP contribution in [0.4, 0.5) is 0 Å². The first-order chi connectivity index (χ1) is 19.8. The van der Waals surface area contributed by atoms with Crippen molar-refractivity contribution in [1.82, 2.24) is 9.80 Å². The van der Waals surface area contributed by atoms with Gasteiger partial charge in [-0.3, -0.25) is 9.69 Å². The van der Waals surface area contributed by atoms with Crippen LogP contribution < -0.4 is 3.58 Å². The SMILES string of the molecule is COC(=O)C1C2CCC(C[C@@H]1c1cc[c]([Sn][CH3])cc1)N2C.COC(=O)C1C2CCC(C[C@@H]1c1ccc(C)cc1)N2C. The Morgan fingerprint density at radius 3 is 1.51 bits per heavy atom. The number of hydrogen-bond donors (Lipinski definition) is 0. The normalized spacial score (nSPS) is 32.6. The molecule has 4 aliphatic rings. The number of methoxy groups -OCH3 is 2. The summed E-state index contributed by atoms with van der Waals surface area (Å²) in [6.45, 7) is 2.10. The van der Waals surface area contributed by atoms with Crippen molar-refractivity contribution in [2.75, 3.05) is 28.3 Å². The van der Waals surface area contributed by atoms with Crippen LogP contribution >= 0.6 is 0 Å². The van der Waals surface area contributed by atoms with Crippen LogP contribution in [-0.4, -0.2) is 95.4 Å². The van der Waals surface area contributed by atoms with Gasteiger partial charge >= 0.3 is 143 Å². The smallest absolute Gasteiger partial charge is 0.310 e. The molecule has 4 bridgehead atoms. The summed E-state index contributed by atoms with van der Waals surface area (Å²) in [6.07, 6.45) is 6.81. The van der Waals surface area contributed by atoms with Crippen molar-refractivity contribution in [2.24, 2.45) is 11.8 Å². The number of nitrogens with zero attached hydrogens (tertiary/aromatic N) is 2. The monoisotopic (exact) mass is 666 g/mol. The number of esters is 2. The van der Waals surface area contributed by atoms with E-state index in [1.165, 1.54) is 47.3 Å². The summed E-state index contributed by atoms with van der Waals surface area (Å²) >= 11 is -0.362. The Morgan fingerprint density at radius 1 is 0.707 bits per heavy atom. The van der Waals surface area contributed by atoms with Crippen LogP contribution in [0.3, 0.4) is 0 Å². The first-order valence-corrected chi connectivity index (χ1v) is 19.5. The Hall–Kier alpha value is -1.90. The third kappa shape index (κ3) is 6.12. The number of ether oxygens (including phenoxy) is 2. The Labute approximate surface area is 256 Å². The fourth-order valence-electron chi connectivity index (χ4n) is 8.24. The number of aryl methyl sites for hydroxylation is 1. The minimum absolute atomic E-state index is 0.00813. The van der Waals surface area contributed by atoms with Crippen LogP contribution in [0.25, 0.3) is 0 Å². The topological polar surface area (TPSA) is 59.1 Å². The van der Waals surface area contributed by atoms with E-state index in [0.29, 0.717) is 36.0 Å². The second-order valence-corrected chi connectivity index (χ2v) is 15.6. The summed E-state index contributed by atoms with van der Waals surface area (Å²) in [6, 6.07) is 19.6. The summed E-state index contributed by atoms with van der Waals surface area (Å²) in [5.74, 6) is 0.512. The first kappa shape index (κ1) is 30.6. The van der Waals surface area contributed by atoms with Crippen LogP contribution in [0.5, 0.6) is 0 Å². The van der Waals surface area contributed by atoms with Gasteiger partial charge in [-0.2, -0.15) is 0 Å². The molecule has 41 heavy (non-hydrogen) atoms. The molecule has 4 heterocycles. The quantitative estimate of drug-likeness (QED) is 0.346. The predicted molar refractivity (Wildman–Crippen MR) is 164 cm³/mol. The maximum absolute atomic E-state index is 12.4. The van der Waals surface area contributed by atoms with Gasteiger partial charge in [0.25, 0.3) is 0 Å². The van der Waals surface area contributed by atoms with Gasteiger partial charge in [-0.15, -0.1) is 0 Å². The van der Waals surface area contributed by atoms with E-state index in [-0.39, 0.29) is 44.9 Å². The molecule has 0 N–H and O–H groups in total. The van der Waals surface area contributed by atoms with Gasteiger partial charge in [0, 0.05) is 18.0 Å². The summed E-state index contributed by atoms with van der Waals surface area (Å²) in [4.78, 5) is 31.8. The molecular weight excluding hydrogens is 619 g/mol. The molecule has 6 rings (SSSR count). The molecule has 0 aliphatic carbocycles. The summed E-state index contributed by atoms with van der Waals surface area (Å²) < 4.78 is 11.7. The Balaban J connectivity index is 0.000000165. The second-order valence-electron chi connectivity index (χ2n) is 12.5. The summed E-state index contributed by atoms with van der Waals surface area (Å²) in [5.41, 5.74) is 3.88. The van der Waals surface area contributed by atoms with E-state index >= 15 is 0 Å². The van der Waals surface area contributed by atoms with Crippen LogP contribution in [0.1, 0.15) is 67.1 Å². The fourth-order valence-corrected chi connectivity index (χ4v) is 9.67. The van der Waals surface area contributed by atoms with Crippen molar-refractivity contribution in [3.8, 4) is 0 Å². The van der Waals surface area contributed by atoms with Gasteiger partial charge in [-0.25, -0.2) is 0 Å². The number of fused-ring (bicyclic) bond motifs is 4. The largest absolute Gasteiger partial charge is 0.469 e. The molecule has 7 heteroatoms. The standard InChI is InChI=1S/C17H23NO2.C16H20NO2.CH3.Sn/c1-11-4-6-12(7-5-11)14-10-13-8-9-15(18(13)2)16(14)17(19)20-3;1-17-12-8-9-14(17)15(16(18)19-2)13(10-12)11-6-4-3-5-7-11;;/h4-7,13-16H,8-10H2,1-3H3;4-7,12-15H,8-10H2,1-2H3;1H3;/t13?,14-,15?,16?;12?,13-,14?,15?;;/m11../s1. The molecule has 220 valence electrons. The third-order valence-electron chi connectivity index (χ3n) is 10.6. The number of hydrogen-bond acceptors (Lipinski definition) is 6. The van der Waals surface area contributed by atoms with Crippen LogP contribution in [-0.2, 0) is 19.1 Å². The molecule has 8 atom stereocenters. The van der Waals surface area contributed by atoms with Crippen molar-refractivity contribution < 1.29 is 19.1 Å². The Morgan fingerprint density at radius 2 is 1.12 bits per heavy atom. The van der Waals surface area contributed by atoms with Crippen molar-refractivity contribution in [3.63, 3.8) is 0 Å². The molecule has 0 spiro atoms. The maximum atomic E-state index is 12.4. The third-order valence-corrected chi connectivity index (χ3v) is 13.2. The molecule has 6 nitrogen and oxygen atoms in total. The van der Waals surface area contributed by atoms with Crippen molar-refractivity contribution in [2.45, 2.75) is 86.4 Å². The van der Waals surface area contributed by atoms with Crippen LogP contribution in [0, 0.1) is 18.8 Å². The summed E-state index contributed by atoms with van der Waals surface area (Å²) in [7, 11) is 7.36. The minimum Gasteiger partial charge on any atom is -0.469 e. The maximum Gasteiger partial charge on any atom is 0.310 e. The molecule has 0 saturated carbocycles. The van der Waals surface area contributed by atoms with Gasteiger partial charge in [0.1, 0.15) is 0 Å². The second kappa shape index (κ2) is 13.2. The Kier molecular flexibility index (Phi) is 9.81. The predicted octanol–water partition coefficient (Wildman–Crippen LogP) is 4.54. The van der Waals surface area contributed by atoms with Crippen LogP contribution in [0.15, 0.2) is 48.5 Å². The number of rotatable bonds is 5.